The Labute approximate surface area is 175 Å². The van der Waals surface area contributed by atoms with E-state index in [2.05, 4.69) is 16.2 Å². The van der Waals surface area contributed by atoms with Gasteiger partial charge < -0.3 is 15.2 Å². The second-order valence-electron chi connectivity index (χ2n) is 7.27. The van der Waals surface area contributed by atoms with E-state index in [9.17, 15) is 4.79 Å². The number of nitrogen functional groups attached to an aromatic ring is 1. The zero-order valence-corrected chi connectivity index (χ0v) is 17.0. The minimum absolute atomic E-state index is 0.165. The van der Waals surface area contributed by atoms with Gasteiger partial charge in [-0.15, -0.1) is 0 Å². The Hall–Kier alpha value is -3.44. The van der Waals surface area contributed by atoms with Crippen molar-refractivity contribution >= 4 is 17.3 Å². The van der Waals surface area contributed by atoms with Gasteiger partial charge in [-0.05, 0) is 23.6 Å². The van der Waals surface area contributed by atoms with Gasteiger partial charge in [-0.1, -0.05) is 44.2 Å². The number of hydrogen-bond donors (Lipinski definition) is 1. The molecule has 1 aliphatic heterocycles. The van der Waals surface area contributed by atoms with Crippen molar-refractivity contribution in [3.63, 3.8) is 0 Å². The molecule has 1 fully saturated rings. The molecule has 3 heterocycles. The molecule has 0 bridgehead atoms. The molecule has 3 aromatic rings. The second-order valence-corrected chi connectivity index (χ2v) is 7.27. The highest BCUT2D eigenvalue weighted by atomic mass is 16.6. The van der Waals surface area contributed by atoms with E-state index in [1.54, 1.807) is 4.52 Å². The number of fused-ring (bicyclic) bond motifs is 1. The summed E-state index contributed by atoms with van der Waals surface area (Å²) in [6, 6.07) is 15.4. The van der Waals surface area contributed by atoms with Crippen molar-refractivity contribution in [2.45, 2.75) is 32.5 Å². The van der Waals surface area contributed by atoms with E-state index >= 15 is 0 Å². The van der Waals surface area contributed by atoms with E-state index in [1.807, 2.05) is 62.5 Å². The molecule has 0 spiro atoms. The maximum atomic E-state index is 11.8. The summed E-state index contributed by atoms with van der Waals surface area (Å²) in [4.78, 5) is 15.6. The highest BCUT2D eigenvalue weighted by Crippen LogP contribution is 2.31. The van der Waals surface area contributed by atoms with Crippen molar-refractivity contribution < 1.29 is 14.3 Å². The quantitative estimate of drug-likeness (QED) is 0.661. The molecule has 0 aliphatic carbocycles. The number of benzene rings is 1. The van der Waals surface area contributed by atoms with Gasteiger partial charge in [-0.3, -0.25) is 4.79 Å². The van der Waals surface area contributed by atoms with Crippen LogP contribution in [0.5, 0.6) is 0 Å². The van der Waals surface area contributed by atoms with Crippen LogP contribution < -0.4 is 5.73 Å². The third-order valence-electron chi connectivity index (χ3n) is 5.31. The van der Waals surface area contributed by atoms with E-state index in [-0.39, 0.29) is 36.9 Å². The molecule has 30 heavy (non-hydrogen) atoms. The van der Waals surface area contributed by atoms with Crippen LogP contribution in [0.3, 0.4) is 0 Å². The average molecular weight is 407 g/mol. The number of hydrogen-bond acceptors (Lipinski definition) is 7. The zero-order valence-electron chi connectivity index (χ0n) is 17.0. The van der Waals surface area contributed by atoms with Gasteiger partial charge in [0.15, 0.2) is 5.82 Å². The highest BCUT2D eigenvalue weighted by molar-refractivity contribution is 5.72. The summed E-state index contributed by atoms with van der Waals surface area (Å²) in [5, 5.41) is 12.9. The third kappa shape index (κ3) is 5.13. The van der Waals surface area contributed by atoms with Crippen LogP contribution >= 0.6 is 0 Å². The molecular formula is C22H25N5O3. The molecule has 3 unspecified atom stereocenters. The van der Waals surface area contributed by atoms with Crippen LogP contribution in [0.25, 0.3) is 5.52 Å². The van der Waals surface area contributed by atoms with Crippen LogP contribution in [-0.4, -0.2) is 39.4 Å². The summed E-state index contributed by atoms with van der Waals surface area (Å²) in [5.41, 5.74) is 7.31. The number of carbonyl (C=O) groups excluding carboxylic acids is 1. The molecule has 1 aromatic carbocycles. The van der Waals surface area contributed by atoms with E-state index < -0.39 is 6.10 Å². The van der Waals surface area contributed by atoms with Crippen molar-refractivity contribution in [2.75, 3.05) is 12.3 Å². The number of anilines is 1. The van der Waals surface area contributed by atoms with Crippen LogP contribution in [0.1, 0.15) is 19.4 Å². The number of esters is 1. The Morgan fingerprint density at radius 2 is 2.00 bits per heavy atom. The summed E-state index contributed by atoms with van der Waals surface area (Å²) in [7, 11) is 0. The lowest BCUT2D eigenvalue weighted by Gasteiger charge is -2.15. The molecule has 2 N–H and O–H groups in total. The Bertz CT molecular complexity index is 1010. The van der Waals surface area contributed by atoms with Crippen LogP contribution in [0.4, 0.5) is 5.82 Å². The Kier molecular flexibility index (Phi) is 6.99. The number of nitriles is 1. The van der Waals surface area contributed by atoms with Gasteiger partial charge in [0, 0.05) is 12.1 Å². The van der Waals surface area contributed by atoms with Crippen molar-refractivity contribution in [3.8, 4) is 6.07 Å². The Morgan fingerprint density at radius 3 is 2.67 bits per heavy atom. The highest BCUT2D eigenvalue weighted by Gasteiger charge is 2.39. The lowest BCUT2D eigenvalue weighted by molar-refractivity contribution is -0.147. The Balaban J connectivity index is 0.000000212. The summed E-state index contributed by atoms with van der Waals surface area (Å²) in [5.74, 6) is 0.627. The number of aromatic nitrogens is 3. The van der Waals surface area contributed by atoms with Gasteiger partial charge in [0.2, 0.25) is 0 Å². The van der Waals surface area contributed by atoms with Gasteiger partial charge in [-0.2, -0.15) is 10.4 Å². The maximum Gasteiger partial charge on any atom is 0.310 e. The van der Waals surface area contributed by atoms with Crippen molar-refractivity contribution in [2.24, 2.45) is 11.8 Å². The SMILES string of the molecule is CC1C(C#N)O[C@H](COC(=O)Cc2ccccc2)C1C.Nc1ncnn2cccc12. The van der Waals surface area contributed by atoms with Gasteiger partial charge >= 0.3 is 5.97 Å². The molecule has 156 valence electrons. The standard InChI is InChI=1S/C16H19NO3.C6H6N4/c1-11-12(2)15(20-14(11)9-17)10-19-16(18)8-13-6-4-3-5-7-13;7-6-5-2-1-3-10(5)9-4-8-6/h3-7,11-12,14-15H,8,10H2,1-2H3;1-4H,(H2,7,8,9)/t11?,12?,14?,15-;/m1./s1. The fourth-order valence-corrected chi connectivity index (χ4v) is 3.26. The maximum absolute atomic E-state index is 11.8. The average Bonchev–Trinajstić information content (AvgIpc) is 3.34. The molecule has 0 amide bonds. The fraction of sp³-hybridized carbons (Fsp3) is 0.364. The molecule has 4 rings (SSSR count). The molecule has 1 aliphatic rings. The molecule has 4 atom stereocenters. The first-order valence-corrected chi connectivity index (χ1v) is 9.78. The number of nitrogens with two attached hydrogens (primary N) is 1. The van der Waals surface area contributed by atoms with E-state index in [0.29, 0.717) is 5.82 Å². The Morgan fingerprint density at radius 1 is 1.23 bits per heavy atom. The van der Waals surface area contributed by atoms with Crippen LogP contribution in [-0.2, 0) is 20.7 Å². The van der Waals surface area contributed by atoms with Gasteiger partial charge in [0.05, 0.1) is 18.6 Å². The lowest BCUT2D eigenvalue weighted by atomic mass is 9.91. The predicted octanol–water partition coefficient (Wildman–Crippen LogP) is 2.65. The van der Waals surface area contributed by atoms with Crippen molar-refractivity contribution in [1.29, 1.82) is 5.26 Å². The van der Waals surface area contributed by atoms with Crippen LogP contribution in [0.2, 0.25) is 0 Å². The monoisotopic (exact) mass is 407 g/mol. The van der Waals surface area contributed by atoms with E-state index in [0.717, 1.165) is 11.1 Å². The minimum atomic E-state index is -0.400. The summed E-state index contributed by atoms with van der Waals surface area (Å²) < 4.78 is 12.5. The number of carbonyl (C=O) groups is 1. The molecule has 0 radical (unpaired) electrons. The fourth-order valence-electron chi connectivity index (χ4n) is 3.26. The van der Waals surface area contributed by atoms with E-state index in [4.69, 9.17) is 20.5 Å². The normalized spacial score (nSPS) is 22.7. The number of nitrogens with zero attached hydrogens (tertiary/aromatic N) is 4. The number of ether oxygens (including phenoxy) is 2. The van der Waals surface area contributed by atoms with Crippen molar-refractivity contribution in [3.05, 3.63) is 60.6 Å². The lowest BCUT2D eigenvalue weighted by Crippen LogP contribution is -2.24. The second kappa shape index (κ2) is 9.85. The first-order valence-electron chi connectivity index (χ1n) is 9.78. The zero-order chi connectivity index (χ0) is 21.5. The van der Waals surface area contributed by atoms with Crippen LogP contribution in [0.15, 0.2) is 55.0 Å². The largest absolute Gasteiger partial charge is 0.463 e. The van der Waals surface area contributed by atoms with Gasteiger partial charge in [0.25, 0.3) is 0 Å². The first-order chi connectivity index (χ1) is 14.5. The number of rotatable bonds is 4. The summed E-state index contributed by atoms with van der Waals surface area (Å²) in [6.45, 7) is 4.23. The predicted molar refractivity (Wildman–Crippen MR) is 111 cm³/mol. The molecule has 0 saturated carbocycles. The summed E-state index contributed by atoms with van der Waals surface area (Å²) >= 11 is 0. The van der Waals surface area contributed by atoms with Crippen LogP contribution in [0, 0.1) is 23.2 Å². The molecular weight excluding hydrogens is 382 g/mol. The summed E-state index contributed by atoms with van der Waals surface area (Å²) in [6.07, 6.45) is 2.94. The minimum Gasteiger partial charge on any atom is -0.463 e. The molecule has 8 nitrogen and oxygen atoms in total. The molecule has 1 saturated heterocycles. The van der Waals surface area contributed by atoms with Gasteiger partial charge in [-0.25, -0.2) is 9.50 Å². The third-order valence-corrected chi connectivity index (χ3v) is 5.31. The van der Waals surface area contributed by atoms with Gasteiger partial charge in [0.1, 0.15) is 24.6 Å². The smallest absolute Gasteiger partial charge is 0.310 e. The molecule has 8 heteroatoms. The topological polar surface area (TPSA) is 116 Å². The molecule has 2 aromatic heterocycles. The van der Waals surface area contributed by atoms with E-state index in [1.165, 1.54) is 6.33 Å². The first kappa shape index (κ1) is 21.3. The van der Waals surface area contributed by atoms with Crippen molar-refractivity contribution in [1.82, 2.24) is 14.6 Å².